The maximum Gasteiger partial charge on any atom is 0.194 e. The van der Waals surface area contributed by atoms with Crippen molar-refractivity contribution in [2.45, 2.75) is 19.6 Å². The van der Waals surface area contributed by atoms with Gasteiger partial charge >= 0.3 is 0 Å². The Morgan fingerprint density at radius 2 is 2.08 bits per heavy atom. The summed E-state index contributed by atoms with van der Waals surface area (Å²) in [5, 5.41) is 14.4. The molecule has 0 aliphatic carbocycles. The minimum absolute atomic E-state index is 0. The van der Waals surface area contributed by atoms with Gasteiger partial charge in [-0.05, 0) is 31.2 Å². The third-order valence-electron chi connectivity index (χ3n) is 3.85. The molecule has 0 fully saturated rings. The Morgan fingerprint density at radius 1 is 1.27 bits per heavy atom. The number of aliphatic hydroxyl groups excluding tert-OH is 1. The van der Waals surface area contributed by atoms with Crippen LogP contribution in [0.25, 0.3) is 11.0 Å². The highest BCUT2D eigenvalue weighted by molar-refractivity contribution is 14.0. The number of hydrogen-bond donors (Lipinski definition) is 2. The van der Waals surface area contributed by atoms with Gasteiger partial charge in [0.05, 0.1) is 19.4 Å². The maximum atomic E-state index is 10.1. The lowest BCUT2D eigenvalue weighted by atomic mass is 10.2. The summed E-state index contributed by atoms with van der Waals surface area (Å²) >= 11 is 0. The molecule has 0 aliphatic heterocycles. The average molecular weight is 469 g/mol. The van der Waals surface area contributed by atoms with Gasteiger partial charge in [-0.1, -0.05) is 18.2 Å². The van der Waals surface area contributed by atoms with Crippen LogP contribution in [-0.2, 0) is 6.54 Å². The fourth-order valence-corrected chi connectivity index (χ4v) is 2.64. The van der Waals surface area contributed by atoms with E-state index in [1.165, 1.54) is 0 Å². The SMILES string of the molecule is CCNC(=NCC(O)c1ccco1)N(C)Cc1cc2ccccc2o1.I. The molecule has 0 bridgehead atoms. The number of nitrogens with zero attached hydrogens (tertiary/aromatic N) is 2. The summed E-state index contributed by atoms with van der Waals surface area (Å²) in [5.41, 5.74) is 0.876. The molecule has 0 spiro atoms. The highest BCUT2D eigenvalue weighted by Crippen LogP contribution is 2.20. The zero-order valence-corrected chi connectivity index (χ0v) is 17.2. The average Bonchev–Trinajstić information content (AvgIpc) is 3.27. The van der Waals surface area contributed by atoms with Gasteiger partial charge in [0.1, 0.15) is 23.2 Å². The van der Waals surface area contributed by atoms with E-state index in [4.69, 9.17) is 8.83 Å². The van der Waals surface area contributed by atoms with E-state index in [9.17, 15) is 5.11 Å². The van der Waals surface area contributed by atoms with Crippen LogP contribution in [0.5, 0.6) is 0 Å². The minimum Gasteiger partial charge on any atom is -0.467 e. The van der Waals surface area contributed by atoms with Gasteiger partial charge < -0.3 is 24.2 Å². The summed E-state index contributed by atoms with van der Waals surface area (Å²) in [6.07, 6.45) is 0.782. The fourth-order valence-electron chi connectivity index (χ4n) is 2.64. The fraction of sp³-hybridized carbons (Fsp3) is 0.316. The quantitative estimate of drug-likeness (QED) is 0.327. The first kappa shape index (κ1) is 20.3. The Bertz CT molecular complexity index is 797. The molecule has 3 rings (SSSR count). The highest BCUT2D eigenvalue weighted by Gasteiger charge is 2.13. The number of furan rings is 2. The van der Waals surface area contributed by atoms with Crippen LogP contribution >= 0.6 is 24.0 Å². The number of rotatable bonds is 6. The van der Waals surface area contributed by atoms with E-state index in [1.54, 1.807) is 18.4 Å². The van der Waals surface area contributed by atoms with Crippen molar-refractivity contribution in [2.24, 2.45) is 4.99 Å². The zero-order valence-electron chi connectivity index (χ0n) is 14.9. The summed E-state index contributed by atoms with van der Waals surface area (Å²) in [5.74, 6) is 2.08. The number of benzene rings is 1. The summed E-state index contributed by atoms with van der Waals surface area (Å²) in [7, 11) is 1.94. The highest BCUT2D eigenvalue weighted by atomic mass is 127. The van der Waals surface area contributed by atoms with Crippen LogP contribution in [0.4, 0.5) is 0 Å². The Kier molecular flexibility index (Phi) is 7.52. The first-order chi connectivity index (χ1) is 12.2. The van der Waals surface area contributed by atoms with Crippen molar-refractivity contribution in [1.82, 2.24) is 10.2 Å². The Labute approximate surface area is 169 Å². The summed E-state index contributed by atoms with van der Waals surface area (Å²) in [6.45, 7) is 3.55. The van der Waals surface area contributed by atoms with Crippen LogP contribution in [0.15, 0.2) is 62.6 Å². The molecule has 2 heterocycles. The van der Waals surface area contributed by atoms with Crippen LogP contribution in [0.3, 0.4) is 0 Å². The molecular formula is C19H24IN3O3. The molecule has 3 aromatic rings. The van der Waals surface area contributed by atoms with Crippen LogP contribution in [0.1, 0.15) is 24.5 Å². The Hall–Kier alpha value is -2.00. The summed E-state index contributed by atoms with van der Waals surface area (Å²) in [4.78, 5) is 6.47. The molecule has 26 heavy (non-hydrogen) atoms. The number of guanidine groups is 1. The number of fused-ring (bicyclic) bond motifs is 1. The van der Waals surface area contributed by atoms with Gasteiger partial charge in [0.25, 0.3) is 0 Å². The Morgan fingerprint density at radius 3 is 2.77 bits per heavy atom. The first-order valence-corrected chi connectivity index (χ1v) is 8.35. The summed E-state index contributed by atoms with van der Waals surface area (Å²) < 4.78 is 11.1. The summed E-state index contributed by atoms with van der Waals surface area (Å²) in [6, 6.07) is 13.5. The predicted octanol–water partition coefficient (Wildman–Crippen LogP) is 3.77. The van der Waals surface area contributed by atoms with Crippen molar-refractivity contribution in [3.8, 4) is 0 Å². The van der Waals surface area contributed by atoms with Crippen molar-refractivity contribution < 1.29 is 13.9 Å². The smallest absolute Gasteiger partial charge is 0.194 e. The van der Waals surface area contributed by atoms with E-state index in [0.717, 1.165) is 23.3 Å². The van der Waals surface area contributed by atoms with Crippen molar-refractivity contribution in [1.29, 1.82) is 0 Å². The lowest BCUT2D eigenvalue weighted by Crippen LogP contribution is -2.38. The number of nitrogens with one attached hydrogen (secondary N) is 1. The number of halogens is 1. The van der Waals surface area contributed by atoms with Crippen LogP contribution in [0.2, 0.25) is 0 Å². The standard InChI is InChI=1S/C19H23N3O3.HI/c1-3-20-19(21-12-16(23)18-9-6-10-24-18)22(2)13-15-11-14-7-4-5-8-17(14)25-15;/h4-11,16,23H,3,12-13H2,1-2H3,(H,20,21);1H. The monoisotopic (exact) mass is 469 g/mol. The van der Waals surface area contributed by atoms with E-state index in [2.05, 4.69) is 10.3 Å². The number of hydrogen-bond acceptors (Lipinski definition) is 4. The first-order valence-electron chi connectivity index (χ1n) is 8.35. The lowest BCUT2D eigenvalue weighted by molar-refractivity contribution is 0.158. The molecule has 0 aliphatic rings. The van der Waals surface area contributed by atoms with E-state index in [1.807, 2.05) is 49.2 Å². The van der Waals surface area contributed by atoms with Crippen LogP contribution < -0.4 is 5.32 Å². The number of aliphatic imine (C=N–C) groups is 1. The molecule has 1 aromatic carbocycles. The number of aliphatic hydroxyl groups is 1. The molecule has 6 nitrogen and oxygen atoms in total. The molecule has 2 N–H and O–H groups in total. The normalized spacial score (nSPS) is 12.7. The van der Waals surface area contributed by atoms with Gasteiger partial charge in [-0.25, -0.2) is 4.99 Å². The molecule has 1 unspecified atom stereocenters. The van der Waals surface area contributed by atoms with E-state index < -0.39 is 6.10 Å². The topological polar surface area (TPSA) is 74.1 Å². The zero-order chi connectivity index (χ0) is 17.6. The number of para-hydroxylation sites is 1. The largest absolute Gasteiger partial charge is 0.467 e. The second kappa shape index (κ2) is 9.63. The van der Waals surface area contributed by atoms with Crippen molar-refractivity contribution in [3.63, 3.8) is 0 Å². The molecule has 2 aromatic heterocycles. The Balaban J connectivity index is 0.00000243. The van der Waals surface area contributed by atoms with E-state index in [0.29, 0.717) is 18.3 Å². The molecular weight excluding hydrogens is 445 g/mol. The van der Waals surface area contributed by atoms with Gasteiger partial charge in [0, 0.05) is 19.0 Å². The molecule has 0 radical (unpaired) electrons. The molecule has 0 saturated heterocycles. The molecule has 0 amide bonds. The second-order valence-corrected chi connectivity index (χ2v) is 5.83. The second-order valence-electron chi connectivity index (χ2n) is 5.83. The van der Waals surface area contributed by atoms with Gasteiger partial charge in [-0.15, -0.1) is 24.0 Å². The molecule has 140 valence electrons. The van der Waals surface area contributed by atoms with Gasteiger partial charge in [0.2, 0.25) is 0 Å². The maximum absolute atomic E-state index is 10.1. The van der Waals surface area contributed by atoms with Gasteiger partial charge in [-0.3, -0.25) is 0 Å². The molecule has 1 atom stereocenters. The molecule has 7 heteroatoms. The third-order valence-corrected chi connectivity index (χ3v) is 3.85. The van der Waals surface area contributed by atoms with E-state index in [-0.39, 0.29) is 30.5 Å². The molecule has 0 saturated carbocycles. The van der Waals surface area contributed by atoms with Gasteiger partial charge in [0.15, 0.2) is 5.96 Å². The van der Waals surface area contributed by atoms with E-state index >= 15 is 0 Å². The van der Waals surface area contributed by atoms with Crippen molar-refractivity contribution in [3.05, 3.63) is 60.2 Å². The van der Waals surface area contributed by atoms with Crippen LogP contribution in [-0.4, -0.2) is 36.1 Å². The van der Waals surface area contributed by atoms with Crippen molar-refractivity contribution in [2.75, 3.05) is 20.1 Å². The van der Waals surface area contributed by atoms with Gasteiger partial charge in [-0.2, -0.15) is 0 Å². The van der Waals surface area contributed by atoms with Crippen molar-refractivity contribution >= 4 is 40.9 Å². The van der Waals surface area contributed by atoms with Crippen LogP contribution in [0, 0.1) is 0 Å². The lowest BCUT2D eigenvalue weighted by Gasteiger charge is -2.21. The third kappa shape index (κ3) is 5.01. The minimum atomic E-state index is -0.761. The predicted molar refractivity (Wildman–Crippen MR) is 113 cm³/mol.